The second kappa shape index (κ2) is 11.5. The third-order valence-electron chi connectivity index (χ3n) is 4.98. The monoisotopic (exact) mass is 479 g/mol. The predicted molar refractivity (Wildman–Crippen MR) is 130 cm³/mol. The van der Waals surface area contributed by atoms with Gasteiger partial charge in [-0.25, -0.2) is 4.79 Å². The Hall–Kier alpha value is -2.28. The first-order chi connectivity index (χ1) is 15.0. The van der Waals surface area contributed by atoms with E-state index in [2.05, 4.69) is 10.6 Å². The second-order valence-corrected chi connectivity index (χ2v) is 9.43. The maximum absolute atomic E-state index is 12.7. The van der Waals surface area contributed by atoms with Crippen LogP contribution in [0.15, 0.2) is 42.5 Å². The highest BCUT2D eigenvalue weighted by Gasteiger charge is 2.20. The van der Waals surface area contributed by atoms with Crippen molar-refractivity contribution in [2.45, 2.75) is 40.2 Å². The van der Waals surface area contributed by atoms with Crippen molar-refractivity contribution in [1.82, 2.24) is 10.2 Å². The molecule has 0 saturated heterocycles. The molecule has 0 unspecified atom stereocenters. The third-order valence-corrected chi connectivity index (χ3v) is 5.72. The predicted octanol–water partition coefficient (Wildman–Crippen LogP) is 5.29. The number of hydrogen-bond acceptors (Lipinski definition) is 3. The van der Waals surface area contributed by atoms with Crippen LogP contribution in [0.4, 0.5) is 10.5 Å². The lowest BCUT2D eigenvalue weighted by atomic mass is 9.95. The molecule has 0 aliphatic rings. The number of nitrogens with zero attached hydrogens (tertiary/aromatic N) is 1. The molecule has 32 heavy (non-hydrogen) atoms. The minimum atomic E-state index is -0.888. The molecule has 0 aromatic heterocycles. The fourth-order valence-corrected chi connectivity index (χ4v) is 3.24. The quantitative estimate of drug-likeness (QED) is 0.481. The van der Waals surface area contributed by atoms with Gasteiger partial charge in [0, 0.05) is 24.2 Å². The lowest BCUT2D eigenvalue weighted by Crippen LogP contribution is -2.37. The summed E-state index contributed by atoms with van der Waals surface area (Å²) in [5, 5.41) is 17.0. The van der Waals surface area contributed by atoms with Crippen molar-refractivity contribution in [3.63, 3.8) is 0 Å². The fraction of sp³-hybridized carbons (Fsp3) is 0.417. The summed E-state index contributed by atoms with van der Waals surface area (Å²) in [6.07, 6.45) is -0.186. The minimum absolute atomic E-state index is 0.0177. The van der Waals surface area contributed by atoms with Crippen molar-refractivity contribution in [2.75, 3.05) is 25.0 Å². The molecule has 8 heteroatoms. The number of benzene rings is 2. The average molecular weight is 480 g/mol. The smallest absolute Gasteiger partial charge is 0.321 e. The molecular formula is C24H31Cl2N3O3. The van der Waals surface area contributed by atoms with Gasteiger partial charge in [-0.3, -0.25) is 4.79 Å². The largest absolute Gasteiger partial charge is 0.387 e. The van der Waals surface area contributed by atoms with Crippen LogP contribution >= 0.6 is 23.2 Å². The van der Waals surface area contributed by atoms with Crippen LogP contribution in [0, 0.1) is 5.41 Å². The first-order valence-corrected chi connectivity index (χ1v) is 11.3. The molecule has 2 aromatic rings. The van der Waals surface area contributed by atoms with Crippen LogP contribution in [-0.4, -0.2) is 41.6 Å². The first-order valence-electron chi connectivity index (χ1n) is 10.6. The summed E-state index contributed by atoms with van der Waals surface area (Å²) in [6, 6.07) is 12.1. The Bertz CT molecular complexity index is 927. The van der Waals surface area contributed by atoms with Crippen LogP contribution in [-0.2, 0) is 11.2 Å². The number of amides is 3. The topological polar surface area (TPSA) is 81.7 Å². The van der Waals surface area contributed by atoms with Crippen molar-refractivity contribution in [3.8, 4) is 0 Å². The molecule has 0 spiro atoms. The van der Waals surface area contributed by atoms with Gasteiger partial charge in [0.05, 0.1) is 22.7 Å². The Morgan fingerprint density at radius 3 is 2.28 bits per heavy atom. The number of halogens is 2. The number of carbonyl (C=O) groups is 2. The molecule has 0 aliphatic carbocycles. The van der Waals surface area contributed by atoms with Gasteiger partial charge in [0.15, 0.2) is 0 Å². The van der Waals surface area contributed by atoms with E-state index in [9.17, 15) is 14.7 Å². The molecule has 2 aromatic carbocycles. The summed E-state index contributed by atoms with van der Waals surface area (Å²) in [5.74, 6) is 0.0177. The standard InChI is InChI=1S/C24H31Cl2N3O3/c1-5-29(15-21(30)17-8-11-19(25)20(26)14-17)23(32)28-18-9-6-16(7-10-18)12-13-27-22(31)24(2,3)4/h6-11,14,21,30H,5,12-13,15H2,1-4H3,(H,27,31)(H,28,32)/t21-/m1/s1. The third kappa shape index (κ3) is 7.69. The van der Waals surface area contributed by atoms with Crippen LogP contribution in [0.3, 0.4) is 0 Å². The fourth-order valence-electron chi connectivity index (χ4n) is 2.93. The second-order valence-electron chi connectivity index (χ2n) is 8.61. The highest BCUT2D eigenvalue weighted by molar-refractivity contribution is 6.42. The number of hydrogen-bond donors (Lipinski definition) is 3. The van der Waals surface area contributed by atoms with Crippen LogP contribution in [0.5, 0.6) is 0 Å². The van der Waals surface area contributed by atoms with Crippen LogP contribution in [0.25, 0.3) is 0 Å². The number of aliphatic hydroxyl groups excluding tert-OH is 1. The molecule has 0 aliphatic heterocycles. The van der Waals surface area contributed by atoms with Gasteiger partial charge in [-0.1, -0.05) is 62.2 Å². The lowest BCUT2D eigenvalue weighted by Gasteiger charge is -2.24. The number of rotatable bonds is 8. The molecule has 0 heterocycles. The molecule has 3 amide bonds. The van der Waals surface area contributed by atoms with E-state index in [1.54, 1.807) is 18.2 Å². The van der Waals surface area contributed by atoms with Crippen molar-refractivity contribution >= 4 is 40.8 Å². The van der Waals surface area contributed by atoms with Crippen molar-refractivity contribution in [1.29, 1.82) is 0 Å². The van der Waals surface area contributed by atoms with E-state index in [1.807, 2.05) is 52.0 Å². The molecule has 2 rings (SSSR count). The Labute approximate surface area is 199 Å². The summed E-state index contributed by atoms with van der Waals surface area (Å²) >= 11 is 11.9. The zero-order chi connectivity index (χ0) is 23.9. The van der Waals surface area contributed by atoms with E-state index >= 15 is 0 Å². The Balaban J connectivity index is 1.89. The summed E-state index contributed by atoms with van der Waals surface area (Å²) in [5.41, 5.74) is 1.89. The number of carbonyl (C=O) groups excluding carboxylic acids is 2. The van der Waals surface area contributed by atoms with Crippen molar-refractivity contribution in [2.24, 2.45) is 5.41 Å². The van der Waals surface area contributed by atoms with Gasteiger partial charge in [0.1, 0.15) is 0 Å². The van der Waals surface area contributed by atoms with E-state index in [0.717, 1.165) is 5.56 Å². The molecule has 0 bridgehead atoms. The SMILES string of the molecule is CCN(C[C@@H](O)c1ccc(Cl)c(Cl)c1)C(=O)Nc1ccc(CCNC(=O)C(C)(C)C)cc1. The molecule has 3 N–H and O–H groups in total. The van der Waals surface area contributed by atoms with Gasteiger partial charge in [0.25, 0.3) is 0 Å². The van der Waals surface area contributed by atoms with E-state index < -0.39 is 11.5 Å². The number of likely N-dealkylation sites (N-methyl/N-ethyl adjacent to an activating group) is 1. The Morgan fingerprint density at radius 1 is 1.06 bits per heavy atom. The molecule has 0 radical (unpaired) electrons. The van der Waals surface area contributed by atoms with Crippen LogP contribution in [0.2, 0.25) is 10.0 Å². The van der Waals surface area contributed by atoms with Gasteiger partial charge in [-0.15, -0.1) is 0 Å². The van der Waals surface area contributed by atoms with Gasteiger partial charge in [-0.2, -0.15) is 0 Å². The van der Waals surface area contributed by atoms with Crippen molar-refractivity contribution < 1.29 is 14.7 Å². The summed E-state index contributed by atoms with van der Waals surface area (Å²) in [4.78, 5) is 26.1. The van der Waals surface area contributed by atoms with E-state index in [4.69, 9.17) is 23.2 Å². The van der Waals surface area contributed by atoms with Crippen molar-refractivity contribution in [3.05, 3.63) is 63.6 Å². The van der Waals surface area contributed by atoms with Crippen LogP contribution in [0.1, 0.15) is 44.9 Å². The van der Waals surface area contributed by atoms with Gasteiger partial charge >= 0.3 is 6.03 Å². The maximum atomic E-state index is 12.7. The van der Waals surface area contributed by atoms with Gasteiger partial charge in [-0.05, 0) is 48.7 Å². The highest BCUT2D eigenvalue weighted by atomic mass is 35.5. The molecule has 6 nitrogen and oxygen atoms in total. The molecule has 0 fully saturated rings. The number of nitrogens with one attached hydrogen (secondary N) is 2. The van der Waals surface area contributed by atoms with E-state index in [1.165, 1.54) is 4.90 Å². The summed E-state index contributed by atoms with van der Waals surface area (Å²) in [7, 11) is 0. The zero-order valence-electron chi connectivity index (χ0n) is 18.9. The van der Waals surface area contributed by atoms with E-state index in [0.29, 0.717) is 40.8 Å². The zero-order valence-corrected chi connectivity index (χ0v) is 20.4. The lowest BCUT2D eigenvalue weighted by molar-refractivity contribution is -0.128. The Morgan fingerprint density at radius 2 is 1.72 bits per heavy atom. The normalized spacial score (nSPS) is 12.2. The molecular weight excluding hydrogens is 449 g/mol. The average Bonchev–Trinajstić information content (AvgIpc) is 2.74. The number of anilines is 1. The Kier molecular flexibility index (Phi) is 9.37. The minimum Gasteiger partial charge on any atom is -0.387 e. The highest BCUT2D eigenvalue weighted by Crippen LogP contribution is 2.26. The number of aliphatic hydroxyl groups is 1. The summed E-state index contributed by atoms with van der Waals surface area (Å²) in [6.45, 7) is 8.57. The van der Waals surface area contributed by atoms with Gasteiger partial charge in [0.2, 0.25) is 5.91 Å². The van der Waals surface area contributed by atoms with Crippen LogP contribution < -0.4 is 10.6 Å². The van der Waals surface area contributed by atoms with E-state index in [-0.39, 0.29) is 18.5 Å². The molecule has 1 atom stereocenters. The molecule has 174 valence electrons. The molecule has 0 saturated carbocycles. The number of urea groups is 1. The first kappa shape index (κ1) is 26.0. The summed E-state index contributed by atoms with van der Waals surface area (Å²) < 4.78 is 0. The van der Waals surface area contributed by atoms with Gasteiger partial charge < -0.3 is 20.6 Å². The maximum Gasteiger partial charge on any atom is 0.321 e.